The van der Waals surface area contributed by atoms with Crippen LogP contribution >= 0.6 is 0 Å². The van der Waals surface area contributed by atoms with Crippen LogP contribution in [0.2, 0.25) is 26.2 Å². The van der Waals surface area contributed by atoms with Gasteiger partial charge in [0.1, 0.15) is 0 Å². The lowest BCUT2D eigenvalue weighted by molar-refractivity contribution is -0.136. The largest absolute Gasteiger partial charge is 0.495 e. The fourth-order valence-electron chi connectivity index (χ4n) is 3.40. The second-order valence-corrected chi connectivity index (χ2v) is 16.8. The average Bonchev–Trinajstić information content (AvgIpc) is 2.75. The van der Waals surface area contributed by atoms with Crippen molar-refractivity contribution in [1.29, 1.82) is 0 Å². The van der Waals surface area contributed by atoms with E-state index >= 15 is 0 Å². The van der Waals surface area contributed by atoms with Crippen molar-refractivity contribution >= 4 is 29.1 Å². The van der Waals surface area contributed by atoms with Crippen molar-refractivity contribution in [3.05, 3.63) is 0 Å². The lowest BCUT2D eigenvalue weighted by Gasteiger charge is -2.19. The maximum atomic E-state index is 11.7. The number of hydrogen-bond donors (Lipinski definition) is 0. The van der Waals surface area contributed by atoms with E-state index in [0.29, 0.717) is 6.42 Å². The van der Waals surface area contributed by atoms with Gasteiger partial charge in [0.25, 0.3) is 11.9 Å². The Hall–Kier alpha value is -0.706. The maximum Gasteiger partial charge on any atom is 0.394 e. The van der Waals surface area contributed by atoms with E-state index in [4.69, 9.17) is 17.7 Å². The van der Waals surface area contributed by atoms with E-state index in [9.17, 15) is 9.59 Å². The molecule has 236 valence electrons. The van der Waals surface area contributed by atoms with Crippen molar-refractivity contribution in [2.24, 2.45) is 0 Å². The van der Waals surface area contributed by atoms with E-state index in [0.717, 1.165) is 12.8 Å². The third-order valence-electron chi connectivity index (χ3n) is 5.72. The minimum Gasteiger partial charge on any atom is -0.495 e. The smallest absolute Gasteiger partial charge is 0.394 e. The van der Waals surface area contributed by atoms with Gasteiger partial charge in [0, 0.05) is 27.6 Å². The van der Waals surface area contributed by atoms with Crippen LogP contribution in [0, 0.1) is 0 Å². The third-order valence-corrected chi connectivity index (χ3v) is 9.18. The Morgan fingerprint density at radius 1 is 0.526 bits per heavy atom. The molecule has 0 aliphatic rings. The molecule has 0 aromatic heterocycles. The molecule has 0 aromatic carbocycles. The minimum absolute atomic E-state index is 0. The van der Waals surface area contributed by atoms with Crippen molar-refractivity contribution in [2.45, 2.75) is 172 Å². The van der Waals surface area contributed by atoms with Gasteiger partial charge in [-0.3, -0.25) is 9.59 Å². The molecule has 0 heterocycles. The molecule has 0 fully saturated rings. The van der Waals surface area contributed by atoms with Crippen LogP contribution in [0.25, 0.3) is 0 Å². The van der Waals surface area contributed by atoms with Crippen molar-refractivity contribution in [1.82, 2.24) is 0 Å². The highest BCUT2D eigenvalue weighted by Gasteiger charge is 2.27. The van der Waals surface area contributed by atoms with Crippen LogP contribution < -0.4 is 0 Å². The van der Waals surface area contributed by atoms with E-state index in [2.05, 4.69) is 6.92 Å². The topological polar surface area (TPSA) is 71.1 Å². The molecule has 0 N–H and O–H groups in total. The first-order chi connectivity index (χ1) is 16.0. The second kappa shape index (κ2) is 32.5. The first-order valence-electron chi connectivity index (χ1n) is 13.5. The minimum atomic E-state index is -2.20. The highest BCUT2D eigenvalue weighted by molar-refractivity contribution is 6.66. The van der Waals surface area contributed by atoms with Crippen molar-refractivity contribution in [3.63, 3.8) is 0 Å². The number of carbonyl (C=O) groups is 2. The van der Waals surface area contributed by atoms with Crippen LogP contribution in [-0.2, 0) is 27.3 Å². The molecule has 38 heavy (non-hydrogen) atoms. The van der Waals surface area contributed by atoms with Gasteiger partial charge >= 0.3 is 17.1 Å². The number of hydrogen-bond acceptors (Lipinski definition) is 6. The summed E-state index contributed by atoms with van der Waals surface area (Å²) >= 11 is 0. The highest BCUT2D eigenvalue weighted by atomic mass is 28.4. The molecule has 0 aliphatic heterocycles. The molecule has 0 radical (unpaired) electrons. The Morgan fingerprint density at radius 3 is 1.08 bits per heavy atom. The molecular formula is C30H72O6Si2. The van der Waals surface area contributed by atoms with Gasteiger partial charge in [0.05, 0.1) is 0 Å². The molecule has 0 saturated carbocycles. The highest BCUT2D eigenvalue weighted by Crippen LogP contribution is 2.14. The van der Waals surface area contributed by atoms with Gasteiger partial charge in [0.2, 0.25) is 0 Å². The lowest BCUT2D eigenvalue weighted by atomic mass is 10.0. The quantitative estimate of drug-likeness (QED) is 0.105. The number of unbranched alkanes of at least 4 members (excludes halogenated alkanes) is 14. The van der Waals surface area contributed by atoms with Crippen LogP contribution in [0.15, 0.2) is 0 Å². The SMILES string of the molecule is C.C.C.C.CCCCCCCCCCCCCCCCCC(=O)O[Si](C)(C)OC.CO[Si](C)(C)OC(C)=O. The van der Waals surface area contributed by atoms with Gasteiger partial charge < -0.3 is 17.7 Å². The van der Waals surface area contributed by atoms with Crippen LogP contribution in [-0.4, -0.2) is 43.3 Å². The molecular weight excluding hydrogens is 512 g/mol. The average molecular weight is 585 g/mol. The van der Waals surface area contributed by atoms with Crippen molar-refractivity contribution in [2.75, 3.05) is 14.2 Å². The zero-order chi connectivity index (χ0) is 26.3. The van der Waals surface area contributed by atoms with E-state index in [1.807, 2.05) is 26.2 Å². The van der Waals surface area contributed by atoms with Gasteiger partial charge in [-0.05, 0) is 32.6 Å². The lowest BCUT2D eigenvalue weighted by Crippen LogP contribution is -2.35. The molecule has 0 spiro atoms. The predicted molar refractivity (Wildman–Crippen MR) is 173 cm³/mol. The Morgan fingerprint density at radius 2 is 0.816 bits per heavy atom. The summed E-state index contributed by atoms with van der Waals surface area (Å²) in [7, 11) is -1.12. The molecule has 0 bridgehead atoms. The summed E-state index contributed by atoms with van der Waals surface area (Å²) in [5.41, 5.74) is 0. The first kappa shape index (κ1) is 50.2. The molecule has 0 unspecified atom stereocenters. The molecule has 0 amide bonds. The Balaban J connectivity index is -0.000000170. The van der Waals surface area contributed by atoms with Gasteiger partial charge in [-0.15, -0.1) is 0 Å². The molecule has 0 atom stereocenters. The molecule has 0 aliphatic carbocycles. The summed E-state index contributed by atoms with van der Waals surface area (Å²) in [6.45, 7) is 11.1. The summed E-state index contributed by atoms with van der Waals surface area (Å²) in [6, 6.07) is 0. The van der Waals surface area contributed by atoms with Gasteiger partial charge in [-0.25, -0.2) is 0 Å². The molecule has 6 nitrogen and oxygen atoms in total. The summed E-state index contributed by atoms with van der Waals surface area (Å²) in [6.07, 6.45) is 20.7. The molecule has 0 saturated heterocycles. The van der Waals surface area contributed by atoms with E-state index in [1.165, 1.54) is 90.4 Å². The van der Waals surface area contributed by atoms with Crippen LogP contribution in [0.3, 0.4) is 0 Å². The number of carbonyl (C=O) groups excluding carboxylic acids is 2. The van der Waals surface area contributed by atoms with E-state index in [1.54, 1.807) is 14.2 Å². The zero-order valence-electron chi connectivity index (χ0n) is 23.8. The predicted octanol–water partition coefficient (Wildman–Crippen LogP) is 10.6. The van der Waals surface area contributed by atoms with E-state index < -0.39 is 17.1 Å². The van der Waals surface area contributed by atoms with Gasteiger partial charge in [-0.1, -0.05) is 127 Å². The molecule has 0 aromatic rings. The van der Waals surface area contributed by atoms with Crippen molar-refractivity contribution in [3.8, 4) is 0 Å². The van der Waals surface area contributed by atoms with E-state index in [-0.39, 0.29) is 41.6 Å². The Kier molecular flexibility index (Phi) is 42.9. The Labute approximate surface area is 242 Å². The zero-order valence-corrected chi connectivity index (χ0v) is 25.8. The fraction of sp³-hybridized carbons (Fsp3) is 0.933. The van der Waals surface area contributed by atoms with Crippen LogP contribution in [0.1, 0.15) is 146 Å². The van der Waals surface area contributed by atoms with Crippen LogP contribution in [0.4, 0.5) is 0 Å². The standard InChI is InChI=1S/C21H44O3Si.C5H12O3Si.4CH4/c1-5-6-7-8-9-10-11-12-13-14-15-16-17-18-19-20-21(22)24-25(3,4)23-2;1-5(6)8-9(3,4)7-2;;;;/h5-20H2,1-4H3;1-4H3;4*1H4. The maximum absolute atomic E-state index is 11.7. The molecule has 0 rings (SSSR count). The van der Waals surface area contributed by atoms with Crippen molar-refractivity contribution < 1.29 is 27.3 Å². The van der Waals surface area contributed by atoms with Gasteiger partial charge in [0.15, 0.2) is 0 Å². The molecule has 8 heteroatoms. The van der Waals surface area contributed by atoms with Gasteiger partial charge in [-0.2, -0.15) is 0 Å². The normalized spacial score (nSPS) is 10.3. The summed E-state index contributed by atoms with van der Waals surface area (Å²) in [5.74, 6) is -0.360. The number of rotatable bonds is 20. The monoisotopic (exact) mass is 584 g/mol. The summed E-state index contributed by atoms with van der Waals surface area (Å²) in [4.78, 5) is 22.0. The second-order valence-electron chi connectivity index (χ2n) is 9.98. The third kappa shape index (κ3) is 39.8. The summed E-state index contributed by atoms with van der Waals surface area (Å²) < 4.78 is 20.4. The fourth-order valence-corrected chi connectivity index (χ4v) is 4.90. The summed E-state index contributed by atoms with van der Waals surface area (Å²) in [5, 5.41) is 0. The van der Waals surface area contributed by atoms with Crippen LogP contribution in [0.5, 0.6) is 0 Å². The Bertz CT molecular complexity index is 499. The first-order valence-corrected chi connectivity index (χ1v) is 19.1.